The van der Waals surface area contributed by atoms with Crippen molar-refractivity contribution in [2.45, 2.75) is 12.5 Å². The lowest BCUT2D eigenvalue weighted by molar-refractivity contribution is 0.186. The Bertz CT molecular complexity index is 587. The van der Waals surface area contributed by atoms with Gasteiger partial charge in [0.1, 0.15) is 11.9 Å². The molecule has 0 aromatic heterocycles. The zero-order valence-electron chi connectivity index (χ0n) is 11.7. The quantitative estimate of drug-likeness (QED) is 0.716. The van der Waals surface area contributed by atoms with Gasteiger partial charge in [0, 0.05) is 6.42 Å². The maximum absolute atomic E-state index is 13.0. The Morgan fingerprint density at radius 3 is 2.52 bits per heavy atom. The number of benzene rings is 2. The minimum Gasteiger partial charge on any atom is -0.504 e. The SMILES string of the molecule is CNCCC(Oc1cccc(O)c1O)c1ccc(F)cc1. The molecule has 0 heterocycles. The van der Waals surface area contributed by atoms with Crippen LogP contribution >= 0.6 is 0 Å². The van der Waals surface area contributed by atoms with Crippen molar-refractivity contribution in [1.29, 1.82) is 0 Å². The summed E-state index contributed by atoms with van der Waals surface area (Å²) in [5, 5.41) is 22.3. The topological polar surface area (TPSA) is 61.7 Å². The van der Waals surface area contributed by atoms with Gasteiger partial charge in [-0.3, -0.25) is 0 Å². The smallest absolute Gasteiger partial charge is 0.200 e. The van der Waals surface area contributed by atoms with Gasteiger partial charge in [-0.15, -0.1) is 0 Å². The summed E-state index contributed by atoms with van der Waals surface area (Å²) in [4.78, 5) is 0. The van der Waals surface area contributed by atoms with E-state index in [-0.39, 0.29) is 29.2 Å². The van der Waals surface area contributed by atoms with Crippen LogP contribution in [0.2, 0.25) is 0 Å². The number of rotatable bonds is 6. The fourth-order valence-electron chi connectivity index (χ4n) is 2.01. The number of ether oxygens (including phenoxy) is 1. The predicted octanol–water partition coefficient (Wildman–Crippen LogP) is 2.97. The lowest BCUT2D eigenvalue weighted by Crippen LogP contribution is -2.16. The molecule has 0 saturated carbocycles. The molecule has 4 nitrogen and oxygen atoms in total. The molecule has 1 atom stereocenters. The summed E-state index contributed by atoms with van der Waals surface area (Å²) >= 11 is 0. The molecule has 0 radical (unpaired) electrons. The summed E-state index contributed by atoms with van der Waals surface area (Å²) in [5.74, 6) is -0.653. The molecular formula is C16H18FNO3. The standard InChI is InChI=1S/C16H18FNO3/c1-18-10-9-14(11-5-7-12(17)8-6-11)21-15-4-2-3-13(19)16(15)20/h2-8,14,18-20H,9-10H2,1H3. The normalized spacial score (nSPS) is 12.1. The summed E-state index contributed by atoms with van der Waals surface area (Å²) in [6.07, 6.45) is 0.280. The number of hydrogen-bond donors (Lipinski definition) is 3. The van der Waals surface area contributed by atoms with Crippen LogP contribution in [-0.4, -0.2) is 23.8 Å². The van der Waals surface area contributed by atoms with Crippen molar-refractivity contribution in [3.63, 3.8) is 0 Å². The van der Waals surface area contributed by atoms with E-state index in [4.69, 9.17) is 4.74 Å². The Kier molecular flexibility index (Phi) is 5.00. The monoisotopic (exact) mass is 291 g/mol. The summed E-state index contributed by atoms with van der Waals surface area (Å²) < 4.78 is 18.8. The van der Waals surface area contributed by atoms with Crippen molar-refractivity contribution >= 4 is 0 Å². The maximum Gasteiger partial charge on any atom is 0.200 e. The molecule has 0 bridgehead atoms. The van der Waals surface area contributed by atoms with Crippen molar-refractivity contribution in [2.75, 3.05) is 13.6 Å². The van der Waals surface area contributed by atoms with Gasteiger partial charge in [0.15, 0.2) is 11.5 Å². The van der Waals surface area contributed by atoms with Gasteiger partial charge in [-0.05, 0) is 43.4 Å². The summed E-state index contributed by atoms with van der Waals surface area (Å²) in [6, 6.07) is 10.6. The highest BCUT2D eigenvalue weighted by atomic mass is 19.1. The molecule has 1 unspecified atom stereocenters. The first-order chi connectivity index (χ1) is 10.1. The van der Waals surface area contributed by atoms with E-state index in [1.807, 2.05) is 7.05 Å². The maximum atomic E-state index is 13.0. The van der Waals surface area contributed by atoms with E-state index >= 15 is 0 Å². The third-order valence-corrected chi connectivity index (χ3v) is 3.15. The van der Waals surface area contributed by atoms with Gasteiger partial charge >= 0.3 is 0 Å². The number of nitrogens with one attached hydrogen (secondary N) is 1. The summed E-state index contributed by atoms with van der Waals surface area (Å²) in [5.41, 5.74) is 0.800. The third kappa shape index (κ3) is 3.86. The van der Waals surface area contributed by atoms with Gasteiger partial charge < -0.3 is 20.3 Å². The van der Waals surface area contributed by atoms with Gasteiger partial charge in [-0.1, -0.05) is 18.2 Å². The molecule has 0 fully saturated rings. The van der Waals surface area contributed by atoms with E-state index in [1.54, 1.807) is 24.3 Å². The van der Waals surface area contributed by atoms with E-state index in [0.717, 1.165) is 5.56 Å². The first kappa shape index (κ1) is 15.1. The molecule has 0 aliphatic heterocycles. The summed E-state index contributed by atoms with van der Waals surface area (Å²) in [7, 11) is 1.83. The predicted molar refractivity (Wildman–Crippen MR) is 78.1 cm³/mol. The first-order valence-corrected chi connectivity index (χ1v) is 6.69. The van der Waals surface area contributed by atoms with Gasteiger partial charge in [0.25, 0.3) is 0 Å². The highest BCUT2D eigenvalue weighted by Crippen LogP contribution is 2.37. The third-order valence-electron chi connectivity index (χ3n) is 3.15. The average Bonchev–Trinajstić information content (AvgIpc) is 2.49. The van der Waals surface area contributed by atoms with E-state index in [2.05, 4.69) is 5.32 Å². The van der Waals surface area contributed by atoms with Crippen LogP contribution in [0.25, 0.3) is 0 Å². The van der Waals surface area contributed by atoms with Crippen molar-refractivity contribution in [1.82, 2.24) is 5.32 Å². The Labute approximate surface area is 122 Å². The highest BCUT2D eigenvalue weighted by Gasteiger charge is 2.16. The van der Waals surface area contributed by atoms with Crippen LogP contribution in [0.4, 0.5) is 4.39 Å². The van der Waals surface area contributed by atoms with E-state index in [1.165, 1.54) is 18.2 Å². The number of halogens is 1. The Morgan fingerprint density at radius 2 is 1.86 bits per heavy atom. The number of hydrogen-bond acceptors (Lipinski definition) is 4. The van der Waals surface area contributed by atoms with E-state index < -0.39 is 0 Å². The molecule has 0 spiro atoms. The van der Waals surface area contributed by atoms with Crippen LogP contribution in [-0.2, 0) is 0 Å². The minimum atomic E-state index is -0.356. The van der Waals surface area contributed by atoms with Crippen LogP contribution in [0, 0.1) is 5.82 Å². The van der Waals surface area contributed by atoms with Gasteiger partial charge in [0.2, 0.25) is 5.75 Å². The molecule has 0 amide bonds. The van der Waals surface area contributed by atoms with Gasteiger partial charge in [-0.25, -0.2) is 4.39 Å². The van der Waals surface area contributed by atoms with Crippen LogP contribution < -0.4 is 10.1 Å². The second kappa shape index (κ2) is 6.95. The lowest BCUT2D eigenvalue weighted by Gasteiger charge is -2.20. The Balaban J connectivity index is 2.23. The van der Waals surface area contributed by atoms with Crippen molar-refractivity contribution < 1.29 is 19.3 Å². The van der Waals surface area contributed by atoms with E-state index in [9.17, 15) is 14.6 Å². The highest BCUT2D eigenvalue weighted by molar-refractivity contribution is 5.49. The molecule has 112 valence electrons. The Hall–Kier alpha value is -2.27. The van der Waals surface area contributed by atoms with Crippen LogP contribution in [0.5, 0.6) is 17.2 Å². The Morgan fingerprint density at radius 1 is 1.14 bits per heavy atom. The second-order valence-electron chi connectivity index (χ2n) is 4.67. The molecule has 21 heavy (non-hydrogen) atoms. The van der Waals surface area contributed by atoms with Gasteiger partial charge in [0.05, 0.1) is 0 Å². The zero-order chi connectivity index (χ0) is 15.2. The largest absolute Gasteiger partial charge is 0.504 e. The van der Waals surface area contributed by atoms with Crippen molar-refractivity contribution in [3.8, 4) is 17.2 Å². The number of phenolic OH excluding ortho intramolecular Hbond substituents is 2. The fraction of sp³-hybridized carbons (Fsp3) is 0.250. The summed E-state index contributed by atoms with van der Waals surface area (Å²) in [6.45, 7) is 0.696. The molecule has 5 heteroatoms. The fourth-order valence-corrected chi connectivity index (χ4v) is 2.01. The molecule has 0 aliphatic rings. The molecule has 2 rings (SSSR count). The molecule has 2 aromatic rings. The number of para-hydroxylation sites is 1. The molecule has 0 aliphatic carbocycles. The first-order valence-electron chi connectivity index (χ1n) is 6.69. The number of aromatic hydroxyl groups is 2. The van der Waals surface area contributed by atoms with Crippen LogP contribution in [0.1, 0.15) is 18.1 Å². The second-order valence-corrected chi connectivity index (χ2v) is 4.67. The zero-order valence-corrected chi connectivity index (χ0v) is 11.7. The van der Waals surface area contributed by atoms with Crippen LogP contribution in [0.3, 0.4) is 0 Å². The van der Waals surface area contributed by atoms with Crippen molar-refractivity contribution in [3.05, 3.63) is 53.8 Å². The number of phenols is 2. The van der Waals surface area contributed by atoms with Crippen molar-refractivity contribution in [2.24, 2.45) is 0 Å². The molecular weight excluding hydrogens is 273 g/mol. The molecule has 0 saturated heterocycles. The van der Waals surface area contributed by atoms with Crippen LogP contribution in [0.15, 0.2) is 42.5 Å². The average molecular weight is 291 g/mol. The molecule has 3 N–H and O–H groups in total. The lowest BCUT2D eigenvalue weighted by atomic mass is 10.1. The molecule has 2 aromatic carbocycles. The minimum absolute atomic E-state index is 0.195. The van der Waals surface area contributed by atoms with Gasteiger partial charge in [-0.2, -0.15) is 0 Å². The van der Waals surface area contributed by atoms with E-state index in [0.29, 0.717) is 13.0 Å².